The highest BCUT2D eigenvalue weighted by Gasteiger charge is 2.53. The molecule has 154 valence electrons. The number of aromatic nitrogens is 1. The number of halogens is 2. The van der Waals surface area contributed by atoms with Gasteiger partial charge in [-0.3, -0.25) is 14.5 Å². The molecule has 7 heteroatoms. The first-order chi connectivity index (χ1) is 13.9. The number of H-pyrrole nitrogens is 1. The van der Waals surface area contributed by atoms with E-state index in [0.717, 1.165) is 11.9 Å². The Morgan fingerprint density at radius 3 is 2.66 bits per heavy atom. The van der Waals surface area contributed by atoms with Crippen molar-refractivity contribution in [2.45, 2.75) is 56.3 Å². The number of aromatic amines is 1. The van der Waals surface area contributed by atoms with Crippen molar-refractivity contribution in [3.05, 3.63) is 30.2 Å². The number of carbonyl (C=O) groups is 2. The van der Waals surface area contributed by atoms with E-state index in [1.165, 1.54) is 25.0 Å². The maximum absolute atomic E-state index is 15.1. The van der Waals surface area contributed by atoms with Crippen molar-refractivity contribution in [3.63, 3.8) is 0 Å². The van der Waals surface area contributed by atoms with Crippen LogP contribution in [0.25, 0.3) is 10.9 Å². The molecule has 2 heterocycles. The van der Waals surface area contributed by atoms with Gasteiger partial charge in [-0.1, -0.05) is 12.8 Å². The fourth-order valence-electron chi connectivity index (χ4n) is 4.72. The van der Waals surface area contributed by atoms with Crippen LogP contribution in [0.2, 0.25) is 0 Å². The van der Waals surface area contributed by atoms with Gasteiger partial charge in [0.25, 0.3) is 0 Å². The zero-order valence-corrected chi connectivity index (χ0v) is 16.2. The molecule has 5 rings (SSSR count). The number of benzene rings is 1. The molecule has 0 radical (unpaired) electrons. The standard InChI is InChI=1S/C22H25F2N3O2/c23-14-3-4-16-15(11-14)17(12-25-16)26-18-19(21(29)20(18)28)27-9-7-22(24,8-10-27)6-5-13-1-2-13/h3-4,11-13,18-19,25-26H,1-2,5-10H2. The van der Waals surface area contributed by atoms with Crippen molar-refractivity contribution in [2.75, 3.05) is 18.4 Å². The molecule has 5 nitrogen and oxygen atoms in total. The van der Waals surface area contributed by atoms with Crippen LogP contribution < -0.4 is 5.32 Å². The predicted octanol–water partition coefficient (Wildman–Crippen LogP) is 3.60. The van der Waals surface area contributed by atoms with Crippen LogP contribution in [-0.2, 0) is 9.59 Å². The molecule has 2 aromatic rings. The molecule has 2 unspecified atom stereocenters. The van der Waals surface area contributed by atoms with E-state index < -0.39 is 29.3 Å². The quantitative estimate of drug-likeness (QED) is 0.726. The van der Waals surface area contributed by atoms with Crippen LogP contribution in [0, 0.1) is 11.7 Å². The summed E-state index contributed by atoms with van der Waals surface area (Å²) >= 11 is 0. The van der Waals surface area contributed by atoms with Gasteiger partial charge < -0.3 is 10.3 Å². The van der Waals surface area contributed by atoms with Crippen molar-refractivity contribution in [2.24, 2.45) is 5.92 Å². The number of alkyl halides is 1. The van der Waals surface area contributed by atoms with Crippen molar-refractivity contribution in [1.82, 2.24) is 9.88 Å². The highest BCUT2D eigenvalue weighted by molar-refractivity contribution is 6.49. The van der Waals surface area contributed by atoms with Crippen LogP contribution >= 0.6 is 0 Å². The summed E-state index contributed by atoms with van der Waals surface area (Å²) in [4.78, 5) is 29.5. The summed E-state index contributed by atoms with van der Waals surface area (Å²) in [5.41, 5.74) is 0.198. The monoisotopic (exact) mass is 401 g/mol. The highest BCUT2D eigenvalue weighted by atomic mass is 19.1. The SMILES string of the molecule is O=C1C(=O)C(N2CCC(F)(CCC3CC3)CC2)C1Nc1c[nH]c2ccc(F)cc12. The maximum atomic E-state index is 15.1. The molecular weight excluding hydrogens is 376 g/mol. The molecule has 1 aliphatic heterocycles. The van der Waals surface area contributed by atoms with E-state index in [1.807, 2.05) is 4.90 Å². The topological polar surface area (TPSA) is 65.2 Å². The normalized spacial score (nSPS) is 27.2. The number of hydrogen-bond acceptors (Lipinski definition) is 4. The molecule has 0 spiro atoms. The summed E-state index contributed by atoms with van der Waals surface area (Å²) < 4.78 is 28.7. The van der Waals surface area contributed by atoms with Crippen molar-refractivity contribution in [3.8, 4) is 0 Å². The first kappa shape index (κ1) is 18.7. The minimum Gasteiger partial charge on any atom is -0.371 e. The Hall–Kier alpha value is -2.28. The molecule has 2 aliphatic carbocycles. The van der Waals surface area contributed by atoms with Crippen molar-refractivity contribution < 1.29 is 18.4 Å². The van der Waals surface area contributed by atoms with Gasteiger partial charge in [0.2, 0.25) is 11.6 Å². The molecule has 2 atom stereocenters. The molecule has 3 fully saturated rings. The van der Waals surface area contributed by atoms with Crippen LogP contribution in [0.1, 0.15) is 38.5 Å². The molecule has 0 bridgehead atoms. The van der Waals surface area contributed by atoms with E-state index in [4.69, 9.17) is 0 Å². The van der Waals surface area contributed by atoms with E-state index in [1.54, 1.807) is 12.3 Å². The van der Waals surface area contributed by atoms with Gasteiger partial charge in [0.1, 0.15) is 23.6 Å². The Bertz CT molecular complexity index is 960. The van der Waals surface area contributed by atoms with Gasteiger partial charge in [-0.25, -0.2) is 8.78 Å². The minimum absolute atomic E-state index is 0.366. The number of nitrogens with one attached hydrogen (secondary N) is 2. The lowest BCUT2D eigenvalue weighted by molar-refractivity contribution is -0.150. The number of likely N-dealkylation sites (tertiary alicyclic amines) is 1. The number of piperidine rings is 1. The third-order valence-electron chi connectivity index (χ3n) is 6.85. The molecule has 1 saturated heterocycles. The number of carbonyl (C=O) groups excluding carboxylic acids is 2. The lowest BCUT2D eigenvalue weighted by atomic mass is 9.79. The lowest BCUT2D eigenvalue weighted by Gasteiger charge is -2.46. The average Bonchev–Trinajstić information content (AvgIpc) is 3.48. The van der Waals surface area contributed by atoms with Gasteiger partial charge in [0, 0.05) is 30.2 Å². The first-order valence-corrected chi connectivity index (χ1v) is 10.5. The summed E-state index contributed by atoms with van der Waals surface area (Å²) in [5.74, 6) is -0.542. The minimum atomic E-state index is -1.15. The molecule has 29 heavy (non-hydrogen) atoms. The van der Waals surface area contributed by atoms with Crippen molar-refractivity contribution >= 4 is 28.2 Å². The second kappa shape index (κ2) is 6.90. The number of fused-ring (bicyclic) bond motifs is 1. The van der Waals surface area contributed by atoms with Crippen LogP contribution in [0.15, 0.2) is 24.4 Å². The molecule has 1 aromatic carbocycles. The van der Waals surface area contributed by atoms with Gasteiger partial charge in [-0.2, -0.15) is 0 Å². The number of ketones is 2. The van der Waals surface area contributed by atoms with Crippen LogP contribution in [0.5, 0.6) is 0 Å². The van der Waals surface area contributed by atoms with E-state index in [9.17, 15) is 14.0 Å². The summed E-state index contributed by atoms with van der Waals surface area (Å²) in [5, 5.41) is 3.76. The number of rotatable bonds is 6. The molecular formula is C22H25F2N3O2. The smallest absolute Gasteiger partial charge is 0.224 e. The van der Waals surface area contributed by atoms with Gasteiger partial charge in [0.15, 0.2) is 0 Å². The Morgan fingerprint density at radius 1 is 1.17 bits per heavy atom. The van der Waals surface area contributed by atoms with Gasteiger partial charge in [-0.05, 0) is 49.8 Å². The number of anilines is 1. The maximum Gasteiger partial charge on any atom is 0.224 e. The van der Waals surface area contributed by atoms with E-state index in [0.29, 0.717) is 49.3 Å². The lowest BCUT2D eigenvalue weighted by Crippen LogP contribution is -2.69. The molecule has 1 aromatic heterocycles. The molecule has 3 aliphatic rings. The predicted molar refractivity (Wildman–Crippen MR) is 106 cm³/mol. The molecule has 0 amide bonds. The fourth-order valence-corrected chi connectivity index (χ4v) is 4.72. The molecule has 2 N–H and O–H groups in total. The van der Waals surface area contributed by atoms with Gasteiger partial charge in [0.05, 0.1) is 5.69 Å². The zero-order valence-electron chi connectivity index (χ0n) is 16.2. The largest absolute Gasteiger partial charge is 0.371 e. The van der Waals surface area contributed by atoms with E-state index in [2.05, 4.69) is 10.3 Å². The van der Waals surface area contributed by atoms with E-state index in [-0.39, 0.29) is 5.82 Å². The Morgan fingerprint density at radius 2 is 1.93 bits per heavy atom. The van der Waals surface area contributed by atoms with Gasteiger partial charge in [-0.15, -0.1) is 0 Å². The Balaban J connectivity index is 1.27. The summed E-state index contributed by atoms with van der Waals surface area (Å²) in [6, 6.07) is 3.14. The number of hydrogen-bond donors (Lipinski definition) is 2. The van der Waals surface area contributed by atoms with Crippen LogP contribution in [0.3, 0.4) is 0 Å². The highest BCUT2D eigenvalue weighted by Crippen LogP contribution is 2.40. The summed E-state index contributed by atoms with van der Waals surface area (Å²) in [6.07, 6.45) is 6.51. The Labute approximate surface area is 167 Å². The van der Waals surface area contributed by atoms with Crippen LogP contribution in [0.4, 0.5) is 14.5 Å². The summed E-state index contributed by atoms with van der Waals surface area (Å²) in [7, 11) is 0. The van der Waals surface area contributed by atoms with Gasteiger partial charge >= 0.3 is 0 Å². The zero-order chi connectivity index (χ0) is 20.2. The second-order valence-corrected chi connectivity index (χ2v) is 8.86. The van der Waals surface area contributed by atoms with E-state index >= 15 is 4.39 Å². The summed E-state index contributed by atoms with van der Waals surface area (Å²) in [6.45, 7) is 0.955. The van der Waals surface area contributed by atoms with Crippen molar-refractivity contribution in [1.29, 1.82) is 0 Å². The second-order valence-electron chi connectivity index (χ2n) is 8.86. The molecule has 2 saturated carbocycles. The number of nitrogens with zero attached hydrogens (tertiary/aromatic N) is 1. The third-order valence-corrected chi connectivity index (χ3v) is 6.85. The Kier molecular flexibility index (Phi) is 4.46. The average molecular weight is 401 g/mol. The fraction of sp³-hybridized carbons (Fsp3) is 0.545. The first-order valence-electron chi connectivity index (χ1n) is 10.5. The van der Waals surface area contributed by atoms with Crippen LogP contribution in [-0.4, -0.2) is 52.3 Å². The number of Topliss-reactive ketones (excluding diaryl/α,β-unsaturated/α-hetero) is 2. The third kappa shape index (κ3) is 3.45.